The van der Waals surface area contributed by atoms with Crippen molar-refractivity contribution in [3.8, 4) is 11.5 Å². The van der Waals surface area contributed by atoms with Crippen LogP contribution in [0.3, 0.4) is 0 Å². The van der Waals surface area contributed by atoms with E-state index in [9.17, 15) is 4.79 Å². The van der Waals surface area contributed by atoms with E-state index in [-0.39, 0.29) is 25.3 Å². The van der Waals surface area contributed by atoms with Crippen LogP contribution in [0.2, 0.25) is 0 Å². The zero-order valence-corrected chi connectivity index (χ0v) is 14.8. The number of thiophene rings is 1. The molecule has 0 aliphatic carbocycles. The fraction of sp³-hybridized carbons (Fsp3) is 0.150. The molecule has 1 aliphatic rings. The van der Waals surface area contributed by atoms with E-state index >= 15 is 0 Å². The summed E-state index contributed by atoms with van der Waals surface area (Å²) in [5.74, 6) is 1.24. The molecule has 1 atom stereocenters. The highest BCUT2D eigenvalue weighted by Crippen LogP contribution is 2.34. The van der Waals surface area contributed by atoms with Gasteiger partial charge in [-0.2, -0.15) is 0 Å². The molecule has 1 amide bonds. The van der Waals surface area contributed by atoms with E-state index in [0.717, 1.165) is 5.56 Å². The minimum Gasteiger partial charge on any atom is -0.454 e. The molecule has 0 radical (unpaired) electrons. The predicted molar refractivity (Wildman–Crippen MR) is 102 cm³/mol. The number of carbonyl (C=O) groups excluding carboxylic acids is 1. The van der Waals surface area contributed by atoms with Gasteiger partial charge in [0.2, 0.25) is 12.7 Å². The lowest BCUT2D eigenvalue weighted by atomic mass is 10.1. The van der Waals surface area contributed by atoms with Gasteiger partial charge < -0.3 is 14.8 Å². The van der Waals surface area contributed by atoms with Crippen molar-refractivity contribution in [3.05, 3.63) is 76.5 Å². The summed E-state index contributed by atoms with van der Waals surface area (Å²) in [5.41, 5.74) is 1.82. The number of amides is 1. The smallest absolute Gasteiger partial charge is 0.238 e. The number of carbonyl (C=O) groups is 1. The van der Waals surface area contributed by atoms with Gasteiger partial charge in [0.25, 0.3) is 0 Å². The van der Waals surface area contributed by atoms with Gasteiger partial charge in [-0.15, -0.1) is 11.3 Å². The molecular weight excluding hydrogens is 348 g/mol. The molecular formula is C20H18N2O3S. The third-order valence-corrected chi connectivity index (χ3v) is 5.02. The summed E-state index contributed by atoms with van der Waals surface area (Å²) in [5, 5.41) is 8.28. The van der Waals surface area contributed by atoms with Crippen molar-refractivity contribution in [2.45, 2.75) is 6.04 Å². The van der Waals surface area contributed by atoms with Gasteiger partial charge in [0.1, 0.15) is 0 Å². The number of anilines is 1. The van der Waals surface area contributed by atoms with Gasteiger partial charge in [-0.05, 0) is 29.1 Å². The van der Waals surface area contributed by atoms with Gasteiger partial charge in [-0.25, -0.2) is 0 Å². The molecule has 2 aromatic carbocycles. The first-order valence-electron chi connectivity index (χ1n) is 8.31. The molecule has 26 heavy (non-hydrogen) atoms. The van der Waals surface area contributed by atoms with E-state index in [1.165, 1.54) is 4.88 Å². The summed E-state index contributed by atoms with van der Waals surface area (Å²) >= 11 is 1.67. The van der Waals surface area contributed by atoms with Gasteiger partial charge in [-0.3, -0.25) is 10.1 Å². The van der Waals surface area contributed by atoms with E-state index in [4.69, 9.17) is 9.47 Å². The first-order valence-corrected chi connectivity index (χ1v) is 9.19. The van der Waals surface area contributed by atoms with Crippen LogP contribution in [0.15, 0.2) is 66.0 Å². The summed E-state index contributed by atoms with van der Waals surface area (Å²) in [6.07, 6.45) is 0. The van der Waals surface area contributed by atoms with Crippen molar-refractivity contribution < 1.29 is 14.3 Å². The molecule has 4 rings (SSSR count). The van der Waals surface area contributed by atoms with Crippen LogP contribution in [0.4, 0.5) is 5.69 Å². The van der Waals surface area contributed by atoms with E-state index in [1.54, 1.807) is 29.5 Å². The van der Waals surface area contributed by atoms with Crippen molar-refractivity contribution in [1.29, 1.82) is 0 Å². The second kappa shape index (κ2) is 7.59. The molecule has 0 bridgehead atoms. The molecule has 0 saturated carbocycles. The lowest BCUT2D eigenvalue weighted by molar-refractivity contribution is -0.115. The second-order valence-corrected chi connectivity index (χ2v) is 6.84. The van der Waals surface area contributed by atoms with Gasteiger partial charge in [0, 0.05) is 16.6 Å². The monoisotopic (exact) mass is 366 g/mol. The number of hydrogen-bond acceptors (Lipinski definition) is 5. The van der Waals surface area contributed by atoms with Crippen LogP contribution in [-0.4, -0.2) is 19.2 Å². The van der Waals surface area contributed by atoms with Crippen LogP contribution < -0.4 is 20.1 Å². The first-order chi connectivity index (χ1) is 12.8. The maximum atomic E-state index is 12.4. The van der Waals surface area contributed by atoms with Gasteiger partial charge in [-0.1, -0.05) is 36.4 Å². The molecule has 132 valence electrons. The van der Waals surface area contributed by atoms with Crippen molar-refractivity contribution >= 4 is 22.9 Å². The highest BCUT2D eigenvalue weighted by Gasteiger charge is 2.17. The van der Waals surface area contributed by atoms with Gasteiger partial charge in [0.05, 0.1) is 12.6 Å². The number of nitrogens with one attached hydrogen (secondary N) is 2. The van der Waals surface area contributed by atoms with Crippen LogP contribution in [0, 0.1) is 0 Å². The fourth-order valence-electron chi connectivity index (χ4n) is 2.86. The maximum absolute atomic E-state index is 12.4. The zero-order valence-electron chi connectivity index (χ0n) is 14.0. The van der Waals surface area contributed by atoms with E-state index in [2.05, 4.69) is 28.8 Å². The van der Waals surface area contributed by atoms with E-state index in [0.29, 0.717) is 17.2 Å². The lowest BCUT2D eigenvalue weighted by Gasteiger charge is -2.18. The molecule has 2 heterocycles. The quantitative estimate of drug-likeness (QED) is 0.697. The molecule has 2 N–H and O–H groups in total. The Kier molecular flexibility index (Phi) is 4.86. The number of rotatable bonds is 6. The number of hydrogen-bond donors (Lipinski definition) is 2. The molecule has 5 nitrogen and oxygen atoms in total. The summed E-state index contributed by atoms with van der Waals surface area (Å²) < 4.78 is 10.6. The number of ether oxygens (including phenoxy) is 2. The predicted octanol–water partition coefficient (Wildman–Crippen LogP) is 3.79. The Morgan fingerprint density at radius 3 is 2.69 bits per heavy atom. The first kappa shape index (κ1) is 16.6. The van der Waals surface area contributed by atoms with Crippen molar-refractivity contribution in [2.75, 3.05) is 18.7 Å². The SMILES string of the molecule is O=C(CN[C@@H](c1ccccc1)c1cccs1)Nc1ccc2c(c1)OCO2. The van der Waals surface area contributed by atoms with Crippen molar-refractivity contribution in [3.63, 3.8) is 0 Å². The molecule has 6 heteroatoms. The summed E-state index contributed by atoms with van der Waals surface area (Å²) in [7, 11) is 0. The molecule has 0 fully saturated rings. The second-order valence-electron chi connectivity index (χ2n) is 5.86. The minimum atomic E-state index is -0.110. The molecule has 3 aromatic rings. The summed E-state index contributed by atoms with van der Waals surface area (Å²) in [6.45, 7) is 0.416. The van der Waals surface area contributed by atoms with Crippen LogP contribution in [-0.2, 0) is 4.79 Å². The normalized spacial score (nSPS) is 13.4. The van der Waals surface area contributed by atoms with Crippen molar-refractivity contribution in [2.24, 2.45) is 0 Å². The van der Waals surface area contributed by atoms with Crippen molar-refractivity contribution in [1.82, 2.24) is 5.32 Å². The average molecular weight is 366 g/mol. The fourth-order valence-corrected chi connectivity index (χ4v) is 3.68. The molecule has 0 unspecified atom stereocenters. The van der Waals surface area contributed by atoms with E-state index < -0.39 is 0 Å². The molecule has 0 spiro atoms. The number of fused-ring (bicyclic) bond motifs is 1. The largest absolute Gasteiger partial charge is 0.454 e. The standard InChI is InChI=1S/C20H18N2O3S/c23-19(22-15-8-9-16-17(11-15)25-13-24-16)12-21-20(18-7-4-10-26-18)14-5-2-1-3-6-14/h1-11,20-21H,12-13H2,(H,22,23)/t20-/m0/s1. The van der Waals surface area contributed by atoms with Crippen LogP contribution >= 0.6 is 11.3 Å². The van der Waals surface area contributed by atoms with Gasteiger partial charge >= 0.3 is 0 Å². The van der Waals surface area contributed by atoms with Crippen LogP contribution in [0.1, 0.15) is 16.5 Å². The molecule has 1 aliphatic heterocycles. The Morgan fingerprint density at radius 1 is 1.04 bits per heavy atom. The Bertz CT molecular complexity index is 881. The Balaban J connectivity index is 1.42. The molecule has 1 aromatic heterocycles. The Morgan fingerprint density at radius 2 is 1.88 bits per heavy atom. The Labute approximate surface area is 155 Å². The highest BCUT2D eigenvalue weighted by molar-refractivity contribution is 7.10. The minimum absolute atomic E-state index is 0.0151. The average Bonchev–Trinajstić information content (AvgIpc) is 3.34. The third kappa shape index (κ3) is 3.71. The Hall–Kier alpha value is -2.83. The number of benzene rings is 2. The third-order valence-electron chi connectivity index (χ3n) is 4.08. The zero-order chi connectivity index (χ0) is 17.8. The maximum Gasteiger partial charge on any atom is 0.238 e. The summed E-state index contributed by atoms with van der Waals surface area (Å²) in [6, 6.07) is 19.6. The van der Waals surface area contributed by atoms with Crippen LogP contribution in [0.5, 0.6) is 11.5 Å². The van der Waals surface area contributed by atoms with E-state index in [1.807, 2.05) is 29.6 Å². The lowest BCUT2D eigenvalue weighted by Crippen LogP contribution is -2.31. The molecule has 0 saturated heterocycles. The highest BCUT2D eigenvalue weighted by atomic mass is 32.1. The summed E-state index contributed by atoms with van der Waals surface area (Å²) in [4.78, 5) is 13.5. The topological polar surface area (TPSA) is 59.6 Å². The van der Waals surface area contributed by atoms with Gasteiger partial charge in [0.15, 0.2) is 11.5 Å². The van der Waals surface area contributed by atoms with Crippen LogP contribution in [0.25, 0.3) is 0 Å².